The Morgan fingerprint density at radius 2 is 1.24 bits per heavy atom. The Morgan fingerprint density at radius 3 is 1.98 bits per heavy atom. The van der Waals surface area contributed by atoms with Gasteiger partial charge in [-0.1, -0.05) is 145 Å². The number of aryl methyl sites for hydroxylation is 1. The van der Waals surface area contributed by atoms with E-state index in [-0.39, 0.29) is 11.8 Å². The average molecular weight is 644 g/mol. The molecule has 2 N–H and O–H groups in total. The number of hydrogen-bond acceptors (Lipinski definition) is 1. The van der Waals surface area contributed by atoms with Gasteiger partial charge in [-0.3, -0.25) is 4.79 Å². The first-order chi connectivity index (χ1) is 24.6. The lowest BCUT2D eigenvalue weighted by Crippen LogP contribution is -2.42. The average Bonchev–Trinajstić information content (AvgIpc) is 3.88. The molecule has 2 aliphatic heterocycles. The van der Waals surface area contributed by atoms with Crippen LogP contribution in [0.25, 0.3) is 38.5 Å². The molecule has 1 spiro atoms. The summed E-state index contributed by atoms with van der Waals surface area (Å²) in [4.78, 5) is 17.7. The molecule has 50 heavy (non-hydrogen) atoms. The number of amides is 1. The molecule has 8 aromatic rings. The number of nitrogens with zero attached hydrogens (tertiary/aromatic N) is 1. The highest BCUT2D eigenvalue weighted by Crippen LogP contribution is 2.54. The van der Waals surface area contributed by atoms with Crippen LogP contribution in [0.15, 0.2) is 164 Å². The van der Waals surface area contributed by atoms with E-state index in [2.05, 4.69) is 167 Å². The number of rotatable bonds is 5. The van der Waals surface area contributed by atoms with Crippen molar-refractivity contribution in [3.05, 3.63) is 209 Å². The van der Waals surface area contributed by atoms with Crippen LogP contribution in [0.1, 0.15) is 55.5 Å². The molecule has 0 bridgehead atoms. The van der Waals surface area contributed by atoms with Crippen molar-refractivity contribution in [3.8, 4) is 11.1 Å². The fourth-order valence-corrected chi connectivity index (χ4v) is 8.49. The molecule has 10 rings (SSSR count). The molecule has 0 fully saturated rings. The predicted molar refractivity (Wildman–Crippen MR) is 202 cm³/mol. The summed E-state index contributed by atoms with van der Waals surface area (Å²) in [6.45, 7) is 2.12. The number of aromatic nitrogens is 2. The van der Waals surface area contributed by atoms with E-state index in [1.54, 1.807) is 0 Å². The maximum Gasteiger partial charge on any atom is 0.254 e. The van der Waals surface area contributed by atoms with Gasteiger partial charge in [0.05, 0.1) is 11.2 Å². The van der Waals surface area contributed by atoms with Gasteiger partial charge in [-0.15, -0.1) is 0 Å². The minimum atomic E-state index is -0.883. The van der Waals surface area contributed by atoms with E-state index >= 15 is 0 Å². The topological polar surface area (TPSA) is 49.8 Å². The lowest BCUT2D eigenvalue weighted by Gasteiger charge is -2.27. The fraction of sp³-hybridized carbons (Fsp3) is 0.0652. The Labute approximate surface area is 290 Å². The van der Waals surface area contributed by atoms with Crippen LogP contribution in [0.5, 0.6) is 0 Å². The van der Waals surface area contributed by atoms with E-state index < -0.39 is 5.66 Å². The highest BCUT2D eigenvalue weighted by Gasteiger charge is 2.50. The molecule has 1 unspecified atom stereocenters. The Bertz CT molecular complexity index is 2610. The van der Waals surface area contributed by atoms with Crippen LogP contribution in [0.2, 0.25) is 0 Å². The molecule has 1 amide bonds. The maximum absolute atomic E-state index is 13.8. The SMILES string of the molecule is Cc1ccc(C2=CC3(NC(=O)c4ccccc43)n3c2c(-c2c(C(c4ccccc4)c4ccccc4)[nH]c4ccccc24)c2ccccc23)cc1. The third-order valence-electron chi connectivity index (χ3n) is 10.6. The number of carbonyl (C=O) groups excluding carboxylic acids is 1. The monoisotopic (exact) mass is 643 g/mol. The van der Waals surface area contributed by atoms with Gasteiger partial charge in [0.15, 0.2) is 5.66 Å². The quantitative estimate of drug-likeness (QED) is 0.193. The van der Waals surface area contributed by atoms with Crippen LogP contribution < -0.4 is 5.32 Å². The van der Waals surface area contributed by atoms with E-state index in [9.17, 15) is 4.79 Å². The van der Waals surface area contributed by atoms with Crippen LogP contribution in [0.4, 0.5) is 0 Å². The van der Waals surface area contributed by atoms with Gasteiger partial charge in [0, 0.05) is 55.7 Å². The summed E-state index contributed by atoms with van der Waals surface area (Å²) >= 11 is 0. The Kier molecular flexibility index (Phi) is 6.19. The van der Waals surface area contributed by atoms with Crippen LogP contribution in [0.3, 0.4) is 0 Å². The van der Waals surface area contributed by atoms with Gasteiger partial charge >= 0.3 is 0 Å². The molecule has 2 aromatic heterocycles. The first-order valence-corrected chi connectivity index (χ1v) is 17.2. The standard InChI is InChI=1S/C46H33N3O/c1-29-24-26-30(27-25-29)36-28-46(37-21-11-8-18-33(37)45(50)48-46)49-39-23-13-10-20-35(39)42(44(36)49)41-34-19-9-12-22-38(34)47-43(41)40(31-14-4-2-5-15-31)32-16-6-3-7-17-32/h2-28,40,47H,1H3,(H,48,50). The number of carbonyl (C=O) groups is 1. The molecule has 238 valence electrons. The minimum absolute atomic E-state index is 0.0526. The van der Waals surface area contributed by atoms with Crippen molar-refractivity contribution in [2.24, 2.45) is 0 Å². The molecular formula is C46H33N3O. The molecule has 4 heteroatoms. The zero-order valence-corrected chi connectivity index (χ0v) is 27.5. The highest BCUT2D eigenvalue weighted by atomic mass is 16.2. The Morgan fingerprint density at radius 1 is 0.620 bits per heavy atom. The molecule has 2 aliphatic rings. The molecule has 4 heterocycles. The van der Waals surface area contributed by atoms with Crippen LogP contribution in [-0.2, 0) is 5.66 Å². The predicted octanol–water partition coefficient (Wildman–Crippen LogP) is 10.2. The van der Waals surface area contributed by atoms with Crippen LogP contribution >= 0.6 is 0 Å². The fourth-order valence-electron chi connectivity index (χ4n) is 8.49. The third-order valence-corrected chi connectivity index (χ3v) is 10.6. The summed E-state index contributed by atoms with van der Waals surface area (Å²) in [6, 6.07) is 55.7. The van der Waals surface area contributed by atoms with Crippen molar-refractivity contribution < 1.29 is 4.79 Å². The van der Waals surface area contributed by atoms with Crippen molar-refractivity contribution in [2.45, 2.75) is 18.5 Å². The van der Waals surface area contributed by atoms with Crippen LogP contribution in [-0.4, -0.2) is 15.5 Å². The van der Waals surface area contributed by atoms with Crippen molar-refractivity contribution in [2.75, 3.05) is 0 Å². The minimum Gasteiger partial charge on any atom is -0.357 e. The lowest BCUT2D eigenvalue weighted by molar-refractivity contribution is 0.0937. The summed E-state index contributed by atoms with van der Waals surface area (Å²) in [5.41, 5.74) is 13.4. The van der Waals surface area contributed by atoms with Gasteiger partial charge in [-0.2, -0.15) is 0 Å². The van der Waals surface area contributed by atoms with Gasteiger partial charge in [0.1, 0.15) is 0 Å². The van der Waals surface area contributed by atoms with E-state index in [0.29, 0.717) is 5.56 Å². The lowest BCUT2D eigenvalue weighted by atomic mass is 9.83. The van der Waals surface area contributed by atoms with Gasteiger partial charge in [-0.05, 0) is 47.9 Å². The molecule has 0 saturated heterocycles. The first-order valence-electron chi connectivity index (χ1n) is 17.2. The molecule has 1 atom stereocenters. The molecule has 0 aliphatic carbocycles. The number of hydrogen-bond donors (Lipinski definition) is 2. The second-order valence-electron chi connectivity index (χ2n) is 13.5. The van der Waals surface area contributed by atoms with E-state index in [1.807, 2.05) is 18.2 Å². The summed E-state index contributed by atoms with van der Waals surface area (Å²) in [5, 5.41) is 5.79. The molecule has 0 radical (unpaired) electrons. The number of fused-ring (bicyclic) bond motifs is 7. The third kappa shape index (κ3) is 4.02. The first kappa shape index (κ1) is 28.6. The molecule has 6 aromatic carbocycles. The number of nitrogens with one attached hydrogen (secondary N) is 2. The second-order valence-corrected chi connectivity index (χ2v) is 13.5. The van der Waals surface area contributed by atoms with Crippen molar-refractivity contribution in [3.63, 3.8) is 0 Å². The second kappa shape index (κ2) is 10.8. The summed E-state index contributed by atoms with van der Waals surface area (Å²) in [5.74, 6) is -0.114. The zero-order chi connectivity index (χ0) is 33.4. The van der Waals surface area contributed by atoms with E-state index in [0.717, 1.165) is 50.1 Å². The molecular weight excluding hydrogens is 611 g/mol. The number of benzene rings is 6. The molecule has 4 nitrogen and oxygen atoms in total. The van der Waals surface area contributed by atoms with Gasteiger partial charge in [-0.25, -0.2) is 0 Å². The summed E-state index contributed by atoms with van der Waals surface area (Å²) in [7, 11) is 0. The number of aromatic amines is 1. The highest BCUT2D eigenvalue weighted by molar-refractivity contribution is 6.14. The van der Waals surface area contributed by atoms with Crippen molar-refractivity contribution >= 4 is 33.3 Å². The smallest absolute Gasteiger partial charge is 0.254 e. The largest absolute Gasteiger partial charge is 0.357 e. The van der Waals surface area contributed by atoms with E-state index in [1.165, 1.54) is 27.6 Å². The van der Waals surface area contributed by atoms with E-state index in [4.69, 9.17) is 0 Å². The van der Waals surface area contributed by atoms with Gasteiger partial charge in [0.2, 0.25) is 0 Å². The number of para-hydroxylation sites is 2. The maximum atomic E-state index is 13.8. The Hall–Kier alpha value is -6.39. The van der Waals surface area contributed by atoms with Gasteiger partial charge < -0.3 is 14.9 Å². The van der Waals surface area contributed by atoms with Crippen molar-refractivity contribution in [1.82, 2.24) is 14.9 Å². The zero-order valence-electron chi connectivity index (χ0n) is 27.5. The number of H-pyrrole nitrogens is 1. The Balaban J connectivity index is 1.37. The molecule has 0 saturated carbocycles. The van der Waals surface area contributed by atoms with Crippen LogP contribution in [0, 0.1) is 6.92 Å². The summed E-state index contributed by atoms with van der Waals surface area (Å²) < 4.78 is 2.39. The van der Waals surface area contributed by atoms with Crippen molar-refractivity contribution in [1.29, 1.82) is 0 Å². The van der Waals surface area contributed by atoms with Gasteiger partial charge in [0.25, 0.3) is 5.91 Å². The summed E-state index contributed by atoms with van der Waals surface area (Å²) in [6.07, 6.45) is 2.28. The normalized spacial score (nSPS) is 16.3.